The Morgan fingerprint density at radius 3 is 2.76 bits per heavy atom. The molecule has 0 radical (unpaired) electrons. The molecule has 104 valence electrons. The fourth-order valence-corrected chi connectivity index (χ4v) is 2.90. The van der Waals surface area contributed by atoms with E-state index in [0.29, 0.717) is 16.7 Å². The molecule has 0 amide bonds. The summed E-state index contributed by atoms with van der Waals surface area (Å²) in [6, 6.07) is 7.75. The minimum atomic E-state index is -0.698. The van der Waals surface area contributed by atoms with Crippen LogP contribution in [0.15, 0.2) is 54.4 Å². The average Bonchev–Trinajstić information content (AvgIpc) is 2.47. The molecule has 0 spiro atoms. The second kappa shape index (κ2) is 4.25. The van der Waals surface area contributed by atoms with Gasteiger partial charge in [-0.3, -0.25) is 4.79 Å². The van der Waals surface area contributed by atoms with E-state index in [1.807, 2.05) is 0 Å². The van der Waals surface area contributed by atoms with Gasteiger partial charge in [0.15, 0.2) is 5.78 Å². The summed E-state index contributed by atoms with van der Waals surface area (Å²) in [7, 11) is 0. The van der Waals surface area contributed by atoms with Crippen LogP contribution < -0.4 is 4.74 Å². The van der Waals surface area contributed by atoms with Crippen molar-refractivity contribution >= 4 is 16.6 Å². The van der Waals surface area contributed by atoms with Crippen molar-refractivity contribution in [3.05, 3.63) is 65.8 Å². The van der Waals surface area contributed by atoms with Gasteiger partial charge >= 0.3 is 0 Å². The van der Waals surface area contributed by atoms with Crippen LogP contribution in [0.4, 0.5) is 8.78 Å². The third kappa shape index (κ3) is 1.79. The van der Waals surface area contributed by atoms with Crippen molar-refractivity contribution in [1.82, 2.24) is 0 Å². The first-order chi connectivity index (χ1) is 10.1. The van der Waals surface area contributed by atoms with Gasteiger partial charge in [-0.2, -0.15) is 0 Å². The molecule has 0 saturated carbocycles. The van der Waals surface area contributed by atoms with Crippen molar-refractivity contribution in [2.45, 2.75) is 6.10 Å². The quantitative estimate of drug-likeness (QED) is 0.732. The Kier molecular flexibility index (Phi) is 2.48. The lowest BCUT2D eigenvalue weighted by Gasteiger charge is -2.31. The van der Waals surface area contributed by atoms with Crippen LogP contribution in [0.25, 0.3) is 10.8 Å². The van der Waals surface area contributed by atoms with Crippen LogP contribution in [0.5, 0.6) is 5.75 Å². The van der Waals surface area contributed by atoms with Crippen molar-refractivity contribution in [1.29, 1.82) is 0 Å². The number of ether oxygens (including phenoxy) is 1. The summed E-state index contributed by atoms with van der Waals surface area (Å²) >= 11 is 0. The van der Waals surface area contributed by atoms with Gasteiger partial charge in [0.1, 0.15) is 23.5 Å². The number of rotatable bonds is 0. The topological polar surface area (TPSA) is 26.3 Å². The standard InChI is InChI=1S/C17H10F2O2/c18-10-3-1-9-2-5-15-16(12(9)7-10)17(20)13-8-11(19)4-6-14(13)21-15/h1-8,13-14H. The van der Waals surface area contributed by atoms with Gasteiger partial charge in [-0.1, -0.05) is 12.1 Å². The zero-order valence-corrected chi connectivity index (χ0v) is 10.8. The third-order valence-electron chi connectivity index (χ3n) is 3.90. The minimum absolute atomic E-state index is 0.239. The van der Waals surface area contributed by atoms with E-state index in [2.05, 4.69) is 0 Å². The minimum Gasteiger partial charge on any atom is -0.484 e. The molecule has 2 aliphatic rings. The Morgan fingerprint density at radius 2 is 1.90 bits per heavy atom. The van der Waals surface area contributed by atoms with Crippen LogP contribution in [0.1, 0.15) is 10.4 Å². The number of benzene rings is 2. The Hall–Kier alpha value is -2.49. The van der Waals surface area contributed by atoms with E-state index in [4.69, 9.17) is 4.74 Å². The summed E-state index contributed by atoms with van der Waals surface area (Å²) in [6.45, 7) is 0. The predicted octanol–water partition coefficient (Wildman–Crippen LogP) is 3.96. The van der Waals surface area contributed by atoms with Gasteiger partial charge in [-0.25, -0.2) is 8.78 Å². The highest BCUT2D eigenvalue weighted by Gasteiger charge is 2.37. The van der Waals surface area contributed by atoms with E-state index >= 15 is 0 Å². The zero-order chi connectivity index (χ0) is 14.6. The second-order valence-corrected chi connectivity index (χ2v) is 5.19. The van der Waals surface area contributed by atoms with E-state index in [1.54, 1.807) is 18.2 Å². The van der Waals surface area contributed by atoms with Crippen molar-refractivity contribution < 1.29 is 18.3 Å². The highest BCUT2D eigenvalue weighted by molar-refractivity contribution is 6.13. The third-order valence-corrected chi connectivity index (χ3v) is 3.90. The molecule has 21 heavy (non-hydrogen) atoms. The number of fused-ring (bicyclic) bond motifs is 4. The van der Waals surface area contributed by atoms with Crippen molar-refractivity contribution in [3.8, 4) is 5.75 Å². The molecular weight excluding hydrogens is 274 g/mol. The number of halogens is 2. The second-order valence-electron chi connectivity index (χ2n) is 5.19. The first kappa shape index (κ1) is 12.3. The molecule has 2 aromatic carbocycles. The van der Waals surface area contributed by atoms with E-state index in [0.717, 1.165) is 5.39 Å². The van der Waals surface area contributed by atoms with Gasteiger partial charge in [0.25, 0.3) is 0 Å². The van der Waals surface area contributed by atoms with Gasteiger partial charge in [-0.05, 0) is 47.2 Å². The van der Waals surface area contributed by atoms with Crippen molar-refractivity contribution in [3.63, 3.8) is 0 Å². The molecule has 0 bridgehead atoms. The van der Waals surface area contributed by atoms with Gasteiger partial charge < -0.3 is 4.74 Å². The molecule has 2 aromatic rings. The average molecular weight is 284 g/mol. The molecule has 2 atom stereocenters. The summed E-state index contributed by atoms with van der Waals surface area (Å²) in [5.41, 5.74) is 0.326. The van der Waals surface area contributed by atoms with Crippen molar-refractivity contribution in [2.75, 3.05) is 0 Å². The van der Waals surface area contributed by atoms with E-state index in [1.165, 1.54) is 30.4 Å². The van der Waals surface area contributed by atoms with Crippen LogP contribution in [0.3, 0.4) is 0 Å². The number of carbonyl (C=O) groups excluding carboxylic acids is 1. The number of hydrogen-bond donors (Lipinski definition) is 0. The summed E-state index contributed by atoms with van der Waals surface area (Å²) < 4.78 is 32.6. The number of hydrogen-bond acceptors (Lipinski definition) is 2. The lowest BCUT2D eigenvalue weighted by atomic mass is 9.84. The molecule has 1 aliphatic carbocycles. The molecule has 0 N–H and O–H groups in total. The zero-order valence-electron chi connectivity index (χ0n) is 10.8. The Morgan fingerprint density at radius 1 is 1.10 bits per heavy atom. The molecule has 4 heteroatoms. The maximum absolute atomic E-state index is 13.5. The maximum atomic E-state index is 13.5. The number of carbonyl (C=O) groups is 1. The maximum Gasteiger partial charge on any atom is 0.178 e. The molecule has 0 saturated heterocycles. The van der Waals surface area contributed by atoms with Gasteiger partial charge in [0.2, 0.25) is 0 Å². The smallest absolute Gasteiger partial charge is 0.178 e. The molecule has 1 heterocycles. The lowest BCUT2D eigenvalue weighted by Crippen LogP contribution is -2.36. The monoisotopic (exact) mass is 284 g/mol. The SMILES string of the molecule is O=C1c2c(ccc3ccc(F)cc23)OC2C=CC(F)=CC12. The van der Waals surface area contributed by atoms with Crippen LogP contribution in [-0.4, -0.2) is 11.9 Å². The van der Waals surface area contributed by atoms with Gasteiger partial charge in [-0.15, -0.1) is 0 Å². The number of ketones is 1. The fraction of sp³-hybridized carbons (Fsp3) is 0.118. The summed E-state index contributed by atoms with van der Waals surface area (Å²) in [5, 5.41) is 1.25. The molecule has 4 rings (SSSR count). The number of allylic oxidation sites excluding steroid dienone is 2. The Labute approximate surface area is 119 Å². The van der Waals surface area contributed by atoms with Crippen molar-refractivity contribution in [2.24, 2.45) is 5.92 Å². The van der Waals surface area contributed by atoms with Gasteiger partial charge in [0.05, 0.1) is 11.5 Å². The largest absolute Gasteiger partial charge is 0.484 e. The Bertz CT molecular complexity index is 836. The molecule has 2 unspecified atom stereocenters. The lowest BCUT2D eigenvalue weighted by molar-refractivity contribution is 0.0806. The molecule has 0 aromatic heterocycles. The molecule has 0 fully saturated rings. The normalized spacial score (nSPS) is 23.3. The van der Waals surface area contributed by atoms with E-state index < -0.39 is 23.7 Å². The van der Waals surface area contributed by atoms with Crippen LogP contribution in [-0.2, 0) is 0 Å². The predicted molar refractivity (Wildman–Crippen MR) is 74.5 cm³/mol. The summed E-state index contributed by atoms with van der Waals surface area (Å²) in [5.74, 6) is -1.40. The highest BCUT2D eigenvalue weighted by Crippen LogP contribution is 2.38. The summed E-state index contributed by atoms with van der Waals surface area (Å²) in [6.07, 6.45) is 3.58. The fourth-order valence-electron chi connectivity index (χ4n) is 2.90. The highest BCUT2D eigenvalue weighted by atomic mass is 19.1. The van der Waals surface area contributed by atoms with Crippen LogP contribution in [0, 0.1) is 11.7 Å². The van der Waals surface area contributed by atoms with Gasteiger partial charge in [0, 0.05) is 0 Å². The summed E-state index contributed by atoms with van der Waals surface area (Å²) in [4.78, 5) is 12.7. The Balaban J connectivity index is 1.97. The van der Waals surface area contributed by atoms with E-state index in [-0.39, 0.29) is 5.78 Å². The molecular formula is C17H10F2O2. The van der Waals surface area contributed by atoms with E-state index in [9.17, 15) is 13.6 Å². The van der Waals surface area contributed by atoms with Crippen LogP contribution >= 0.6 is 0 Å². The van der Waals surface area contributed by atoms with Crippen LogP contribution in [0.2, 0.25) is 0 Å². The first-order valence-electron chi connectivity index (χ1n) is 6.62. The molecule has 2 nitrogen and oxygen atoms in total. The molecule has 1 aliphatic heterocycles. The first-order valence-corrected chi connectivity index (χ1v) is 6.62. The number of Topliss-reactive ketones (excluding diaryl/α,β-unsaturated/α-hetero) is 1.